The van der Waals surface area contributed by atoms with Gasteiger partial charge in [-0.3, -0.25) is 4.90 Å². The fraction of sp³-hybridized carbons (Fsp3) is 0.538. The molecule has 4 nitrogen and oxygen atoms in total. The number of rotatable bonds is 2. The van der Waals surface area contributed by atoms with Crippen LogP contribution in [0.15, 0.2) is 18.3 Å². The molecule has 7 heteroatoms. The predicted molar refractivity (Wildman–Crippen MR) is 68.1 cm³/mol. The third-order valence-electron chi connectivity index (χ3n) is 3.45. The molecule has 0 N–H and O–H groups in total. The molecule has 1 atom stereocenters. The van der Waals surface area contributed by atoms with Gasteiger partial charge in [-0.15, -0.1) is 0 Å². The molecule has 0 spiro atoms. The second-order valence-electron chi connectivity index (χ2n) is 4.73. The lowest BCUT2D eigenvalue weighted by Crippen LogP contribution is -2.49. The first-order valence-corrected chi connectivity index (χ1v) is 6.33. The molecule has 1 aromatic rings. The Hall–Kier alpha value is -1.81. The molecule has 108 valence electrons. The van der Waals surface area contributed by atoms with Crippen LogP contribution in [0.4, 0.5) is 19.0 Å². The van der Waals surface area contributed by atoms with Crippen molar-refractivity contribution in [2.45, 2.75) is 19.1 Å². The maximum Gasteiger partial charge on any atom is 0.416 e. The number of hydrogen-bond donors (Lipinski definition) is 0. The number of nitrogens with zero attached hydrogens (tertiary/aromatic N) is 4. The normalized spacial score (nSPS) is 18.6. The summed E-state index contributed by atoms with van der Waals surface area (Å²) < 4.78 is 38.0. The molecule has 20 heavy (non-hydrogen) atoms. The fourth-order valence-electron chi connectivity index (χ4n) is 2.19. The van der Waals surface area contributed by atoms with Gasteiger partial charge < -0.3 is 4.90 Å². The summed E-state index contributed by atoms with van der Waals surface area (Å²) in [5.74, 6) is 0.337. The molecule has 1 aliphatic rings. The summed E-state index contributed by atoms with van der Waals surface area (Å²) in [4.78, 5) is 7.83. The van der Waals surface area contributed by atoms with Gasteiger partial charge in [0.05, 0.1) is 17.7 Å². The van der Waals surface area contributed by atoms with E-state index in [2.05, 4.69) is 11.1 Å². The average molecular weight is 284 g/mol. The summed E-state index contributed by atoms with van der Waals surface area (Å²) in [5.41, 5.74) is -0.685. The minimum Gasteiger partial charge on any atom is -0.354 e. The van der Waals surface area contributed by atoms with Gasteiger partial charge in [0.2, 0.25) is 0 Å². The van der Waals surface area contributed by atoms with Crippen LogP contribution in [-0.2, 0) is 6.18 Å². The van der Waals surface area contributed by atoms with E-state index in [-0.39, 0.29) is 6.04 Å². The lowest BCUT2D eigenvalue weighted by molar-refractivity contribution is -0.137. The molecule has 2 rings (SSSR count). The Morgan fingerprint density at radius 3 is 2.50 bits per heavy atom. The van der Waals surface area contributed by atoms with Gasteiger partial charge in [-0.2, -0.15) is 18.4 Å². The van der Waals surface area contributed by atoms with Crippen molar-refractivity contribution in [1.29, 1.82) is 5.26 Å². The predicted octanol–water partition coefficient (Wildman–Crippen LogP) is 2.13. The molecule has 0 aromatic carbocycles. The molecule has 0 saturated carbocycles. The zero-order chi connectivity index (χ0) is 14.8. The van der Waals surface area contributed by atoms with E-state index in [9.17, 15) is 13.2 Å². The Morgan fingerprint density at radius 2 is 1.95 bits per heavy atom. The van der Waals surface area contributed by atoms with Crippen molar-refractivity contribution >= 4 is 5.82 Å². The standard InChI is InChI=1S/C13H15F3N4/c1-10(9-17)19-4-6-20(7-5-19)12-8-11(2-3-18-12)13(14,15)16/h2-3,8,10H,4-7H2,1H3. The van der Waals surface area contributed by atoms with Gasteiger partial charge in [0.25, 0.3) is 0 Å². The molecule has 1 aromatic heterocycles. The summed E-state index contributed by atoms with van der Waals surface area (Å²) in [5, 5.41) is 8.85. The molecule has 1 unspecified atom stereocenters. The third-order valence-corrected chi connectivity index (χ3v) is 3.45. The first kappa shape index (κ1) is 14.6. The van der Waals surface area contributed by atoms with E-state index in [0.717, 1.165) is 12.1 Å². The lowest BCUT2D eigenvalue weighted by Gasteiger charge is -2.36. The molecule has 0 radical (unpaired) electrons. The number of piperazine rings is 1. The molecule has 1 fully saturated rings. The van der Waals surface area contributed by atoms with Crippen molar-refractivity contribution in [3.63, 3.8) is 0 Å². The third kappa shape index (κ3) is 3.20. The van der Waals surface area contributed by atoms with Crippen molar-refractivity contribution in [3.05, 3.63) is 23.9 Å². The Kier molecular flexibility index (Phi) is 4.14. The smallest absolute Gasteiger partial charge is 0.354 e. The zero-order valence-electron chi connectivity index (χ0n) is 11.1. The van der Waals surface area contributed by atoms with E-state index in [4.69, 9.17) is 5.26 Å². The van der Waals surface area contributed by atoms with E-state index in [1.54, 1.807) is 0 Å². The maximum atomic E-state index is 12.7. The van der Waals surface area contributed by atoms with E-state index >= 15 is 0 Å². The minimum absolute atomic E-state index is 0.174. The van der Waals surface area contributed by atoms with Crippen molar-refractivity contribution < 1.29 is 13.2 Å². The summed E-state index contributed by atoms with van der Waals surface area (Å²) in [6.45, 7) is 4.25. The van der Waals surface area contributed by atoms with Crippen LogP contribution >= 0.6 is 0 Å². The van der Waals surface area contributed by atoms with Gasteiger partial charge in [-0.05, 0) is 19.1 Å². The second-order valence-corrected chi connectivity index (χ2v) is 4.73. The zero-order valence-corrected chi connectivity index (χ0v) is 11.1. The van der Waals surface area contributed by atoms with Crippen LogP contribution in [0.25, 0.3) is 0 Å². The van der Waals surface area contributed by atoms with Crippen molar-refractivity contribution in [2.24, 2.45) is 0 Å². The van der Waals surface area contributed by atoms with E-state index < -0.39 is 11.7 Å². The van der Waals surface area contributed by atoms with Gasteiger partial charge in [0.15, 0.2) is 0 Å². The van der Waals surface area contributed by atoms with Crippen LogP contribution in [0.3, 0.4) is 0 Å². The molecule has 0 bridgehead atoms. The van der Waals surface area contributed by atoms with Gasteiger partial charge in [0, 0.05) is 32.4 Å². The van der Waals surface area contributed by atoms with Gasteiger partial charge >= 0.3 is 6.18 Å². The quantitative estimate of drug-likeness (QED) is 0.834. The Labute approximate surface area is 115 Å². The molecular formula is C13H15F3N4. The monoisotopic (exact) mass is 284 g/mol. The van der Waals surface area contributed by atoms with Crippen LogP contribution in [-0.4, -0.2) is 42.1 Å². The van der Waals surface area contributed by atoms with Crippen molar-refractivity contribution in [3.8, 4) is 6.07 Å². The average Bonchev–Trinajstić information content (AvgIpc) is 2.46. The number of aromatic nitrogens is 1. The molecular weight excluding hydrogens is 269 g/mol. The summed E-state index contributed by atoms with van der Waals surface area (Å²) in [6.07, 6.45) is -3.17. The summed E-state index contributed by atoms with van der Waals surface area (Å²) >= 11 is 0. The van der Waals surface area contributed by atoms with E-state index in [1.807, 2.05) is 16.7 Å². The van der Waals surface area contributed by atoms with E-state index in [0.29, 0.717) is 32.0 Å². The van der Waals surface area contributed by atoms with Crippen LogP contribution in [0.2, 0.25) is 0 Å². The van der Waals surface area contributed by atoms with Crippen LogP contribution in [0, 0.1) is 11.3 Å². The first-order valence-electron chi connectivity index (χ1n) is 6.33. The highest BCUT2D eigenvalue weighted by Crippen LogP contribution is 2.30. The Morgan fingerprint density at radius 1 is 1.30 bits per heavy atom. The van der Waals surface area contributed by atoms with E-state index in [1.165, 1.54) is 6.20 Å². The van der Waals surface area contributed by atoms with Gasteiger partial charge in [-0.25, -0.2) is 4.98 Å². The number of nitriles is 1. The molecule has 1 saturated heterocycles. The highest BCUT2D eigenvalue weighted by Gasteiger charge is 2.31. The maximum absolute atomic E-state index is 12.7. The van der Waals surface area contributed by atoms with Crippen LogP contribution < -0.4 is 4.90 Å². The van der Waals surface area contributed by atoms with Crippen LogP contribution in [0.5, 0.6) is 0 Å². The Balaban J connectivity index is 2.06. The van der Waals surface area contributed by atoms with Crippen molar-refractivity contribution in [2.75, 3.05) is 31.1 Å². The van der Waals surface area contributed by atoms with Gasteiger partial charge in [0.1, 0.15) is 5.82 Å². The summed E-state index contributed by atoms with van der Waals surface area (Å²) in [6, 6.07) is 4.03. The molecule has 0 amide bonds. The fourth-order valence-corrected chi connectivity index (χ4v) is 2.19. The number of alkyl halides is 3. The number of hydrogen-bond acceptors (Lipinski definition) is 4. The molecule has 1 aliphatic heterocycles. The largest absolute Gasteiger partial charge is 0.416 e. The topological polar surface area (TPSA) is 43.2 Å². The lowest BCUT2D eigenvalue weighted by atomic mass is 10.2. The second kappa shape index (κ2) is 5.67. The summed E-state index contributed by atoms with van der Waals surface area (Å²) in [7, 11) is 0. The van der Waals surface area contributed by atoms with Crippen molar-refractivity contribution in [1.82, 2.24) is 9.88 Å². The molecule has 2 heterocycles. The Bertz CT molecular complexity index is 501. The first-order chi connectivity index (χ1) is 9.41. The number of pyridine rings is 1. The SMILES string of the molecule is CC(C#N)N1CCN(c2cc(C(F)(F)F)ccn2)CC1. The number of halogens is 3. The number of anilines is 1. The molecule has 0 aliphatic carbocycles. The van der Waals surface area contributed by atoms with Crippen LogP contribution in [0.1, 0.15) is 12.5 Å². The van der Waals surface area contributed by atoms with Gasteiger partial charge in [-0.1, -0.05) is 0 Å². The highest BCUT2D eigenvalue weighted by molar-refractivity contribution is 5.42. The minimum atomic E-state index is -4.35. The highest BCUT2D eigenvalue weighted by atomic mass is 19.4.